The van der Waals surface area contributed by atoms with Crippen molar-refractivity contribution in [2.45, 2.75) is 38.8 Å². The van der Waals surface area contributed by atoms with Gasteiger partial charge in [-0.15, -0.1) is 11.6 Å². The molecule has 1 amide bonds. The Bertz CT molecular complexity index is 175. The molecule has 0 saturated heterocycles. The standard InChI is InChI=1S/C9H18ClNO3/c1-6(2)3-7(11-9(13)14)4-8(12)5-10/h6-8,11-12H,3-5H2,1-2H3,(H,13,14). The number of carboxylic acid groups (broad SMARTS) is 1. The Morgan fingerprint density at radius 2 is 2.00 bits per heavy atom. The molecule has 0 saturated carbocycles. The fourth-order valence-corrected chi connectivity index (χ4v) is 1.48. The van der Waals surface area contributed by atoms with Crippen LogP contribution in [-0.4, -0.2) is 34.3 Å². The topological polar surface area (TPSA) is 69.6 Å². The van der Waals surface area contributed by atoms with Gasteiger partial charge in [0.2, 0.25) is 0 Å². The minimum Gasteiger partial charge on any atom is -0.465 e. The number of amides is 1. The van der Waals surface area contributed by atoms with E-state index in [2.05, 4.69) is 5.32 Å². The summed E-state index contributed by atoms with van der Waals surface area (Å²) >= 11 is 5.44. The summed E-state index contributed by atoms with van der Waals surface area (Å²) in [5.74, 6) is 0.518. The smallest absolute Gasteiger partial charge is 0.404 e. The summed E-state index contributed by atoms with van der Waals surface area (Å²) in [5, 5.41) is 20.2. The number of halogens is 1. The lowest BCUT2D eigenvalue weighted by Crippen LogP contribution is -2.37. The van der Waals surface area contributed by atoms with Crippen molar-refractivity contribution in [2.24, 2.45) is 5.92 Å². The van der Waals surface area contributed by atoms with Crippen molar-refractivity contribution in [3.63, 3.8) is 0 Å². The minimum atomic E-state index is -1.06. The number of rotatable bonds is 6. The average molecular weight is 224 g/mol. The molecule has 4 nitrogen and oxygen atoms in total. The van der Waals surface area contributed by atoms with E-state index in [1.807, 2.05) is 13.8 Å². The van der Waals surface area contributed by atoms with Crippen LogP contribution in [0.2, 0.25) is 0 Å². The number of aliphatic hydroxyl groups is 1. The number of nitrogens with one attached hydrogen (secondary N) is 1. The SMILES string of the molecule is CC(C)CC(CC(O)CCl)NC(=O)O. The zero-order valence-corrected chi connectivity index (χ0v) is 9.29. The second-order valence-electron chi connectivity index (χ2n) is 3.82. The van der Waals surface area contributed by atoms with Gasteiger partial charge < -0.3 is 15.5 Å². The Morgan fingerprint density at radius 3 is 2.36 bits per heavy atom. The van der Waals surface area contributed by atoms with Crippen LogP contribution in [0.5, 0.6) is 0 Å². The van der Waals surface area contributed by atoms with Crippen LogP contribution in [0.25, 0.3) is 0 Å². The van der Waals surface area contributed by atoms with Crippen LogP contribution in [0.3, 0.4) is 0 Å². The highest BCUT2D eigenvalue weighted by molar-refractivity contribution is 6.18. The third-order valence-corrected chi connectivity index (χ3v) is 2.17. The quantitative estimate of drug-likeness (QED) is 0.600. The molecule has 2 atom stereocenters. The van der Waals surface area contributed by atoms with E-state index in [4.69, 9.17) is 16.7 Å². The first-order valence-corrected chi connectivity index (χ1v) is 5.22. The predicted molar refractivity (Wildman–Crippen MR) is 55.7 cm³/mol. The van der Waals surface area contributed by atoms with E-state index in [1.165, 1.54) is 0 Å². The summed E-state index contributed by atoms with van der Waals surface area (Å²) in [7, 11) is 0. The molecular weight excluding hydrogens is 206 g/mol. The van der Waals surface area contributed by atoms with Crippen molar-refractivity contribution >= 4 is 17.7 Å². The Labute approximate surface area is 89.3 Å². The van der Waals surface area contributed by atoms with E-state index in [0.29, 0.717) is 18.8 Å². The van der Waals surface area contributed by atoms with Gasteiger partial charge in [-0.3, -0.25) is 0 Å². The summed E-state index contributed by atoms with van der Waals surface area (Å²) in [6, 6.07) is -0.221. The Kier molecular flexibility index (Phi) is 6.66. The monoisotopic (exact) mass is 223 g/mol. The Morgan fingerprint density at radius 1 is 1.43 bits per heavy atom. The molecule has 0 aliphatic rings. The zero-order valence-electron chi connectivity index (χ0n) is 8.53. The van der Waals surface area contributed by atoms with Gasteiger partial charge in [-0.05, 0) is 18.8 Å². The van der Waals surface area contributed by atoms with E-state index >= 15 is 0 Å². The van der Waals surface area contributed by atoms with Crippen LogP contribution in [0.4, 0.5) is 4.79 Å². The Balaban J connectivity index is 4.03. The fourth-order valence-electron chi connectivity index (χ4n) is 1.35. The van der Waals surface area contributed by atoms with Crippen molar-refractivity contribution in [3.8, 4) is 0 Å². The first-order valence-electron chi connectivity index (χ1n) is 4.69. The van der Waals surface area contributed by atoms with E-state index in [-0.39, 0.29) is 11.9 Å². The third kappa shape index (κ3) is 6.97. The molecule has 3 N–H and O–H groups in total. The van der Waals surface area contributed by atoms with Crippen LogP contribution >= 0.6 is 11.6 Å². The van der Waals surface area contributed by atoms with Gasteiger partial charge in [0.05, 0.1) is 6.10 Å². The van der Waals surface area contributed by atoms with Gasteiger partial charge in [0, 0.05) is 11.9 Å². The van der Waals surface area contributed by atoms with Gasteiger partial charge >= 0.3 is 6.09 Å². The molecule has 2 unspecified atom stereocenters. The normalized spacial score (nSPS) is 15.2. The highest BCUT2D eigenvalue weighted by Gasteiger charge is 2.17. The van der Waals surface area contributed by atoms with Crippen molar-refractivity contribution in [1.82, 2.24) is 5.32 Å². The molecule has 0 aromatic heterocycles. The van der Waals surface area contributed by atoms with Gasteiger partial charge in [-0.1, -0.05) is 13.8 Å². The fraction of sp³-hybridized carbons (Fsp3) is 0.889. The van der Waals surface area contributed by atoms with Gasteiger partial charge in [-0.2, -0.15) is 0 Å². The molecule has 0 spiro atoms. The van der Waals surface area contributed by atoms with Gasteiger partial charge in [0.1, 0.15) is 0 Å². The summed E-state index contributed by atoms with van der Waals surface area (Å²) in [5.41, 5.74) is 0. The molecule has 0 rings (SSSR count). The lowest BCUT2D eigenvalue weighted by molar-refractivity contribution is 0.155. The first kappa shape index (κ1) is 13.5. The second kappa shape index (κ2) is 6.90. The first-order chi connectivity index (χ1) is 6.45. The minimum absolute atomic E-state index is 0.135. The summed E-state index contributed by atoms with van der Waals surface area (Å²) in [6.07, 6.45) is -0.626. The molecule has 0 radical (unpaired) electrons. The van der Waals surface area contributed by atoms with Crippen molar-refractivity contribution in [3.05, 3.63) is 0 Å². The number of aliphatic hydroxyl groups excluding tert-OH is 1. The van der Waals surface area contributed by atoms with E-state index in [0.717, 1.165) is 0 Å². The third-order valence-electron chi connectivity index (χ3n) is 1.82. The van der Waals surface area contributed by atoms with Crippen LogP contribution < -0.4 is 5.32 Å². The maximum Gasteiger partial charge on any atom is 0.404 e. The number of hydrogen-bond acceptors (Lipinski definition) is 2. The molecule has 5 heteroatoms. The summed E-state index contributed by atoms with van der Waals surface area (Å²) < 4.78 is 0. The molecule has 84 valence electrons. The van der Waals surface area contributed by atoms with E-state index in [1.54, 1.807) is 0 Å². The average Bonchev–Trinajstić information content (AvgIpc) is 2.01. The van der Waals surface area contributed by atoms with Crippen LogP contribution in [0.1, 0.15) is 26.7 Å². The Hall–Kier alpha value is -0.480. The predicted octanol–water partition coefficient (Wildman–Crippen LogP) is 1.66. The molecule has 14 heavy (non-hydrogen) atoms. The van der Waals surface area contributed by atoms with Crippen molar-refractivity contribution < 1.29 is 15.0 Å². The molecule has 0 aliphatic carbocycles. The number of hydrogen-bond donors (Lipinski definition) is 3. The lowest BCUT2D eigenvalue weighted by Gasteiger charge is -2.20. The lowest BCUT2D eigenvalue weighted by atomic mass is 9.99. The van der Waals surface area contributed by atoms with Gasteiger partial charge in [-0.25, -0.2) is 4.79 Å². The maximum absolute atomic E-state index is 10.4. The van der Waals surface area contributed by atoms with Crippen molar-refractivity contribution in [1.29, 1.82) is 0 Å². The second-order valence-corrected chi connectivity index (χ2v) is 4.13. The number of carbonyl (C=O) groups is 1. The molecule has 0 aliphatic heterocycles. The summed E-state index contributed by atoms with van der Waals surface area (Å²) in [6.45, 7) is 4.01. The highest BCUT2D eigenvalue weighted by Crippen LogP contribution is 2.10. The maximum atomic E-state index is 10.4. The highest BCUT2D eigenvalue weighted by atomic mass is 35.5. The largest absolute Gasteiger partial charge is 0.465 e. The molecular formula is C9H18ClNO3. The van der Waals surface area contributed by atoms with Crippen molar-refractivity contribution in [2.75, 3.05) is 5.88 Å². The van der Waals surface area contributed by atoms with E-state index < -0.39 is 12.2 Å². The van der Waals surface area contributed by atoms with Crippen LogP contribution in [-0.2, 0) is 0 Å². The summed E-state index contributed by atoms with van der Waals surface area (Å²) in [4.78, 5) is 10.4. The van der Waals surface area contributed by atoms with E-state index in [9.17, 15) is 9.90 Å². The van der Waals surface area contributed by atoms with Gasteiger partial charge in [0.25, 0.3) is 0 Å². The molecule has 0 bridgehead atoms. The molecule has 0 heterocycles. The van der Waals surface area contributed by atoms with Crippen LogP contribution in [0.15, 0.2) is 0 Å². The number of alkyl halides is 1. The zero-order chi connectivity index (χ0) is 11.1. The molecule has 0 aromatic rings. The molecule has 0 fully saturated rings. The van der Waals surface area contributed by atoms with Crippen LogP contribution in [0, 0.1) is 5.92 Å². The van der Waals surface area contributed by atoms with Gasteiger partial charge in [0.15, 0.2) is 0 Å². The molecule has 0 aromatic carbocycles.